The zero-order valence-corrected chi connectivity index (χ0v) is 17.4. The molecule has 0 aliphatic rings. The molecule has 0 saturated heterocycles. The van der Waals surface area contributed by atoms with Gasteiger partial charge in [-0.25, -0.2) is 0 Å². The number of ether oxygens (including phenoxy) is 1. The summed E-state index contributed by atoms with van der Waals surface area (Å²) >= 11 is 0. The molecule has 3 aromatic rings. The minimum Gasteiger partial charge on any atom is -0.484 e. The first-order chi connectivity index (χ1) is 14.6. The first-order valence-electron chi connectivity index (χ1n) is 9.58. The van der Waals surface area contributed by atoms with Gasteiger partial charge in [0.15, 0.2) is 12.4 Å². The molecule has 1 heterocycles. The van der Waals surface area contributed by atoms with Crippen LogP contribution in [-0.4, -0.2) is 34.5 Å². The highest BCUT2D eigenvalue weighted by molar-refractivity contribution is 5.95. The zero-order chi connectivity index (χ0) is 22.6. The third kappa shape index (κ3) is 5.62. The van der Waals surface area contributed by atoms with E-state index in [0.29, 0.717) is 11.6 Å². The minimum atomic E-state index is -4.61. The molecule has 0 radical (unpaired) electrons. The number of benzene rings is 2. The molecule has 0 atom stereocenters. The van der Waals surface area contributed by atoms with Crippen LogP contribution >= 0.6 is 0 Å². The summed E-state index contributed by atoms with van der Waals surface area (Å²) in [6.07, 6.45) is -4.38. The topological polar surface area (TPSA) is 68.5 Å². The van der Waals surface area contributed by atoms with Crippen LogP contribution in [0, 0.1) is 13.8 Å². The van der Waals surface area contributed by atoms with Crippen LogP contribution in [0.25, 0.3) is 0 Å². The van der Waals surface area contributed by atoms with Gasteiger partial charge in [0.25, 0.3) is 11.8 Å². The molecule has 0 aliphatic heterocycles. The Labute approximate surface area is 177 Å². The van der Waals surface area contributed by atoms with Crippen molar-refractivity contribution in [3.63, 3.8) is 0 Å². The highest BCUT2D eigenvalue weighted by Crippen LogP contribution is 2.32. The molecule has 0 aliphatic carbocycles. The number of aryl methyl sites for hydroxylation is 2. The van der Waals surface area contributed by atoms with Gasteiger partial charge >= 0.3 is 6.18 Å². The Kier molecular flexibility index (Phi) is 6.62. The average molecular weight is 433 g/mol. The summed E-state index contributed by atoms with van der Waals surface area (Å²) in [5.74, 6) is 0.554. The molecule has 164 valence electrons. The summed E-state index contributed by atoms with van der Waals surface area (Å²) in [6.45, 7) is 4.20. The van der Waals surface area contributed by atoms with Gasteiger partial charge in [0.2, 0.25) is 0 Å². The molecule has 0 unspecified atom stereocenters. The van der Waals surface area contributed by atoms with E-state index in [1.165, 1.54) is 24.1 Å². The number of rotatable bonds is 7. The smallest absolute Gasteiger partial charge is 0.417 e. The van der Waals surface area contributed by atoms with E-state index < -0.39 is 23.2 Å². The van der Waals surface area contributed by atoms with Gasteiger partial charge in [0.05, 0.1) is 11.1 Å². The number of nitrogens with zero attached hydrogens (tertiary/aromatic N) is 3. The quantitative estimate of drug-likeness (QED) is 0.545. The molecule has 0 N–H and O–H groups in total. The summed E-state index contributed by atoms with van der Waals surface area (Å²) in [5, 5.41) is 3.84. The molecular formula is C22H22F3N3O3. The van der Waals surface area contributed by atoms with Crippen molar-refractivity contribution < 1.29 is 27.2 Å². The van der Waals surface area contributed by atoms with Crippen molar-refractivity contribution in [2.75, 3.05) is 13.6 Å². The molecule has 9 heteroatoms. The molecule has 0 bridgehead atoms. The first kappa shape index (κ1) is 22.3. The lowest BCUT2D eigenvalue weighted by Gasteiger charge is -2.19. The zero-order valence-electron chi connectivity index (χ0n) is 17.4. The molecule has 0 fully saturated rings. The Morgan fingerprint density at radius 1 is 1.13 bits per heavy atom. The number of aromatic nitrogens is 2. The molecule has 0 spiro atoms. The number of alkyl halides is 3. The minimum absolute atomic E-state index is 0.0865. The van der Waals surface area contributed by atoms with Crippen molar-refractivity contribution in [3.05, 3.63) is 76.4 Å². The summed E-state index contributed by atoms with van der Waals surface area (Å²) in [5.41, 5.74) is 0.901. The van der Waals surface area contributed by atoms with E-state index in [4.69, 9.17) is 9.26 Å². The van der Waals surface area contributed by atoms with E-state index in [0.717, 1.165) is 23.3 Å². The molecule has 2 aromatic carbocycles. The number of halogens is 3. The largest absolute Gasteiger partial charge is 0.484 e. The van der Waals surface area contributed by atoms with Crippen molar-refractivity contribution in [1.82, 2.24) is 15.0 Å². The molecule has 0 saturated carbocycles. The lowest BCUT2D eigenvalue weighted by atomic mass is 10.1. The van der Waals surface area contributed by atoms with Crippen molar-refractivity contribution in [2.45, 2.75) is 33.1 Å². The molecule has 3 rings (SSSR count). The van der Waals surface area contributed by atoms with Crippen LogP contribution in [0.4, 0.5) is 13.2 Å². The van der Waals surface area contributed by atoms with Gasteiger partial charge < -0.3 is 14.2 Å². The molecule has 1 aromatic heterocycles. The third-order valence-electron chi connectivity index (χ3n) is 4.83. The highest BCUT2D eigenvalue weighted by atomic mass is 19.4. The fourth-order valence-corrected chi connectivity index (χ4v) is 2.89. The van der Waals surface area contributed by atoms with E-state index in [-0.39, 0.29) is 25.5 Å². The molecule has 6 nitrogen and oxygen atoms in total. The van der Waals surface area contributed by atoms with E-state index in [2.05, 4.69) is 10.1 Å². The van der Waals surface area contributed by atoms with Crippen LogP contribution in [0.15, 0.2) is 47.0 Å². The summed E-state index contributed by atoms with van der Waals surface area (Å²) in [7, 11) is 1.43. The van der Waals surface area contributed by atoms with Gasteiger partial charge in [-0.2, -0.15) is 18.2 Å². The predicted octanol–water partition coefficient (Wildman–Crippen LogP) is 4.60. The lowest BCUT2D eigenvalue weighted by molar-refractivity contribution is -0.138. The van der Waals surface area contributed by atoms with E-state index in [1.54, 1.807) is 0 Å². The van der Waals surface area contributed by atoms with Crippen molar-refractivity contribution in [2.24, 2.45) is 0 Å². The van der Waals surface area contributed by atoms with Crippen LogP contribution in [0.5, 0.6) is 5.75 Å². The Balaban J connectivity index is 1.56. The Hall–Kier alpha value is -3.36. The number of hydrogen-bond donors (Lipinski definition) is 0. The van der Waals surface area contributed by atoms with E-state index in [9.17, 15) is 18.0 Å². The summed E-state index contributed by atoms with van der Waals surface area (Å²) in [4.78, 5) is 17.9. The Bertz CT molecular complexity index is 1060. The van der Waals surface area contributed by atoms with Crippen LogP contribution < -0.4 is 4.74 Å². The van der Waals surface area contributed by atoms with Gasteiger partial charge in [-0.15, -0.1) is 0 Å². The first-order valence-corrected chi connectivity index (χ1v) is 9.58. The molecular weight excluding hydrogens is 411 g/mol. The maximum Gasteiger partial charge on any atom is 0.417 e. The van der Waals surface area contributed by atoms with Crippen LogP contribution in [0.2, 0.25) is 0 Å². The average Bonchev–Trinajstić information content (AvgIpc) is 3.19. The fourth-order valence-electron chi connectivity index (χ4n) is 2.89. The third-order valence-corrected chi connectivity index (χ3v) is 4.83. The molecule has 1 amide bonds. The second kappa shape index (κ2) is 9.20. The van der Waals surface area contributed by atoms with E-state index >= 15 is 0 Å². The Morgan fingerprint density at radius 2 is 1.87 bits per heavy atom. The number of carbonyl (C=O) groups excluding carboxylic acids is 1. The maximum atomic E-state index is 13.1. The fraction of sp³-hybridized carbons (Fsp3) is 0.318. The van der Waals surface area contributed by atoms with Crippen molar-refractivity contribution in [1.29, 1.82) is 0 Å². The number of amides is 1. The normalized spacial score (nSPS) is 11.4. The number of carbonyl (C=O) groups is 1. The SMILES string of the molecule is Cc1ccc(OCc2nc(CCN(C)C(=O)c3ccccc3C(F)(F)F)no2)cc1C. The van der Waals surface area contributed by atoms with Crippen molar-refractivity contribution >= 4 is 5.91 Å². The summed E-state index contributed by atoms with van der Waals surface area (Å²) < 4.78 is 50.2. The van der Waals surface area contributed by atoms with Crippen molar-refractivity contribution in [3.8, 4) is 5.75 Å². The van der Waals surface area contributed by atoms with Crippen LogP contribution in [-0.2, 0) is 19.2 Å². The second-order valence-corrected chi connectivity index (χ2v) is 7.16. The number of likely N-dealkylation sites (N-methyl/N-ethyl adjacent to an activating group) is 1. The predicted molar refractivity (Wildman–Crippen MR) is 107 cm³/mol. The van der Waals surface area contributed by atoms with E-state index in [1.807, 2.05) is 32.0 Å². The monoisotopic (exact) mass is 433 g/mol. The summed E-state index contributed by atoms with van der Waals surface area (Å²) in [6, 6.07) is 10.4. The highest BCUT2D eigenvalue weighted by Gasteiger charge is 2.35. The maximum absolute atomic E-state index is 13.1. The van der Waals surface area contributed by atoms with Gasteiger partial charge in [-0.1, -0.05) is 23.4 Å². The Morgan fingerprint density at radius 3 is 2.58 bits per heavy atom. The lowest BCUT2D eigenvalue weighted by Crippen LogP contribution is -2.30. The van der Waals surface area contributed by atoms with Crippen LogP contribution in [0.3, 0.4) is 0 Å². The van der Waals surface area contributed by atoms with Gasteiger partial charge in [-0.3, -0.25) is 4.79 Å². The molecule has 31 heavy (non-hydrogen) atoms. The second-order valence-electron chi connectivity index (χ2n) is 7.16. The van der Waals surface area contributed by atoms with Gasteiger partial charge in [0.1, 0.15) is 5.75 Å². The standard InChI is InChI=1S/C22H22F3N3O3/c1-14-8-9-16(12-15(14)2)30-13-20-26-19(27-31-20)10-11-28(3)21(29)17-6-4-5-7-18(17)22(23,24)25/h4-9,12H,10-11,13H2,1-3H3. The van der Waals surface area contributed by atoms with Crippen LogP contribution in [0.1, 0.15) is 38.8 Å². The van der Waals surface area contributed by atoms with Gasteiger partial charge in [0, 0.05) is 20.0 Å². The van der Waals surface area contributed by atoms with Gasteiger partial charge in [-0.05, 0) is 49.2 Å². The number of hydrogen-bond acceptors (Lipinski definition) is 5.